The molecule has 2 atom stereocenters. The lowest BCUT2D eigenvalue weighted by molar-refractivity contribution is -0.922. The highest BCUT2D eigenvalue weighted by molar-refractivity contribution is 5.66. The molecule has 1 aromatic rings. The summed E-state index contributed by atoms with van der Waals surface area (Å²) in [7, 11) is 2.05. The first kappa shape index (κ1) is 29.8. The minimum Gasteiger partial charge on any atom is -0.507 e. The number of nitrogens with zero attached hydrogens (tertiary/aromatic N) is 1. The van der Waals surface area contributed by atoms with Gasteiger partial charge < -0.3 is 22.0 Å². The Hall–Kier alpha value is -2.27. The Labute approximate surface area is 208 Å². The van der Waals surface area contributed by atoms with Crippen LogP contribution in [0.3, 0.4) is 0 Å². The van der Waals surface area contributed by atoms with Gasteiger partial charge in [0, 0.05) is 11.5 Å². The first-order valence-electron chi connectivity index (χ1n) is 12.5. The predicted molar refractivity (Wildman–Crippen MR) is 141 cm³/mol. The number of hydrogen-bond donors (Lipinski definition) is 1. The molecule has 0 bridgehead atoms. The van der Waals surface area contributed by atoms with Crippen LogP contribution in [0.2, 0.25) is 0 Å². The molecule has 0 heterocycles. The molecule has 0 saturated heterocycles. The maximum absolute atomic E-state index is 12.7. The third-order valence-corrected chi connectivity index (χ3v) is 7.18. The van der Waals surface area contributed by atoms with E-state index in [1.807, 2.05) is 26.1 Å². The van der Waals surface area contributed by atoms with Gasteiger partial charge in [0.1, 0.15) is 11.5 Å². The zero-order valence-electron chi connectivity index (χ0n) is 22.6. The molecule has 34 heavy (non-hydrogen) atoms. The predicted octanol–water partition coefficient (Wildman–Crippen LogP) is 7.55. The molecule has 0 fully saturated rings. The van der Waals surface area contributed by atoms with E-state index in [1.165, 1.54) is 5.57 Å². The van der Waals surface area contributed by atoms with Crippen molar-refractivity contribution in [2.24, 2.45) is 5.92 Å². The van der Waals surface area contributed by atoms with Crippen molar-refractivity contribution in [3.63, 3.8) is 0 Å². The molecule has 0 radical (unpaired) electrons. The van der Waals surface area contributed by atoms with Crippen LogP contribution < -0.4 is 4.74 Å². The molecule has 5 nitrogen and oxygen atoms in total. The second kappa shape index (κ2) is 13.6. The van der Waals surface area contributed by atoms with Crippen molar-refractivity contribution in [2.75, 3.05) is 26.9 Å². The Bertz CT molecular complexity index is 854. The highest BCUT2D eigenvalue weighted by Crippen LogP contribution is 2.47. The Balaban J connectivity index is 0.00000578. The number of carbonyl (C=O) groups is 1. The first-order valence-corrected chi connectivity index (χ1v) is 12.5. The minimum atomic E-state index is -0.726. The summed E-state index contributed by atoms with van der Waals surface area (Å²) in [5.41, 5.74) is 3.97. The number of phenols is 1. The zero-order valence-corrected chi connectivity index (χ0v) is 22.6. The van der Waals surface area contributed by atoms with Crippen molar-refractivity contribution in [1.29, 1.82) is 0 Å². The van der Waals surface area contributed by atoms with Gasteiger partial charge in [0.05, 0.1) is 20.1 Å². The number of aryl methyl sites for hydroxylation is 1. The number of carbonyl (C=O) groups excluding carboxylic acids is 1. The normalized spacial score (nSPS) is 18.0. The second-order valence-corrected chi connectivity index (χ2v) is 9.89. The van der Waals surface area contributed by atoms with Gasteiger partial charge >= 0.3 is 6.16 Å². The highest BCUT2D eigenvalue weighted by atomic mass is 16.7. The first-order chi connectivity index (χ1) is 15.6. The van der Waals surface area contributed by atoms with Crippen LogP contribution in [-0.4, -0.2) is 42.6 Å². The molecule has 1 aliphatic rings. The molecule has 5 heteroatoms. The van der Waals surface area contributed by atoms with Crippen LogP contribution in [0.25, 0.3) is 0 Å². The Morgan fingerprint density at radius 3 is 2.47 bits per heavy atom. The van der Waals surface area contributed by atoms with E-state index in [1.54, 1.807) is 0 Å². The van der Waals surface area contributed by atoms with E-state index in [0.29, 0.717) is 15.8 Å². The summed E-state index contributed by atoms with van der Waals surface area (Å²) in [6.07, 6.45) is 7.53. The fourth-order valence-corrected chi connectivity index (χ4v) is 4.45. The van der Waals surface area contributed by atoms with E-state index in [9.17, 15) is 9.90 Å². The van der Waals surface area contributed by atoms with Gasteiger partial charge in [0.25, 0.3) is 0 Å². The Morgan fingerprint density at radius 1 is 1.21 bits per heavy atom. The number of allylic oxidation sites excluding steroid dienone is 3. The summed E-state index contributed by atoms with van der Waals surface area (Å²) < 4.78 is 11.9. The molecule has 1 aliphatic carbocycles. The monoisotopic (exact) mass is 473 g/mol. The van der Waals surface area contributed by atoms with Gasteiger partial charge in [-0.05, 0) is 77.0 Å². The largest absolute Gasteiger partial charge is 0.518 e. The van der Waals surface area contributed by atoms with E-state index < -0.39 is 6.16 Å². The summed E-state index contributed by atoms with van der Waals surface area (Å²) >= 11 is 0. The number of ether oxygens (including phenoxy) is 2. The van der Waals surface area contributed by atoms with Crippen molar-refractivity contribution in [3.05, 3.63) is 54.5 Å². The number of rotatable bonds is 11. The lowest BCUT2D eigenvalue weighted by Crippen LogP contribution is -2.46. The van der Waals surface area contributed by atoms with Gasteiger partial charge in [-0.15, -0.1) is 0 Å². The van der Waals surface area contributed by atoms with E-state index in [4.69, 9.17) is 9.47 Å². The van der Waals surface area contributed by atoms with Crippen LogP contribution in [-0.2, 0) is 11.2 Å². The maximum atomic E-state index is 12.7. The van der Waals surface area contributed by atoms with Crippen molar-refractivity contribution >= 4 is 6.16 Å². The lowest BCUT2D eigenvalue weighted by atomic mass is 9.73. The molecule has 1 N–H and O–H groups in total. The number of phenolic OH excluding ortho intramolecular Hbond substituents is 1. The molecule has 0 spiro atoms. The SMILES string of the molecule is C=C(C)C1CCC(C)=CC1c1c(O)cc(CCCCC)cc1OC(=O)OC[N+](C)(CC)CC.[CH3-]. The summed E-state index contributed by atoms with van der Waals surface area (Å²) in [6, 6.07) is 3.74. The van der Waals surface area contributed by atoms with Gasteiger partial charge in [0.15, 0.2) is 0 Å². The van der Waals surface area contributed by atoms with Crippen LogP contribution in [0.1, 0.15) is 83.8 Å². The van der Waals surface area contributed by atoms with Crippen LogP contribution in [0, 0.1) is 13.3 Å². The van der Waals surface area contributed by atoms with Crippen molar-refractivity contribution in [2.45, 2.75) is 79.1 Å². The van der Waals surface area contributed by atoms with Gasteiger partial charge in [-0.2, -0.15) is 0 Å². The van der Waals surface area contributed by atoms with Crippen LogP contribution >= 0.6 is 0 Å². The molecular formula is C29H47NO4. The zero-order chi connectivity index (χ0) is 24.6. The third-order valence-electron chi connectivity index (χ3n) is 7.18. The molecule has 0 amide bonds. The van der Waals surface area contributed by atoms with E-state index >= 15 is 0 Å². The van der Waals surface area contributed by atoms with Crippen molar-refractivity contribution < 1.29 is 23.9 Å². The molecule has 192 valence electrons. The van der Waals surface area contributed by atoms with E-state index in [0.717, 1.165) is 62.8 Å². The average molecular weight is 474 g/mol. The van der Waals surface area contributed by atoms with Gasteiger partial charge in [0.2, 0.25) is 6.73 Å². The summed E-state index contributed by atoms with van der Waals surface area (Å²) in [6.45, 7) is 16.6. The van der Waals surface area contributed by atoms with Crippen LogP contribution in [0.4, 0.5) is 4.79 Å². The van der Waals surface area contributed by atoms with Crippen molar-refractivity contribution in [3.8, 4) is 11.5 Å². The van der Waals surface area contributed by atoms with E-state index in [2.05, 4.69) is 40.3 Å². The summed E-state index contributed by atoms with van der Waals surface area (Å²) in [4.78, 5) is 12.7. The number of aromatic hydroxyl groups is 1. The molecular weight excluding hydrogens is 426 g/mol. The van der Waals surface area contributed by atoms with Gasteiger partial charge in [-0.3, -0.25) is 4.48 Å². The topological polar surface area (TPSA) is 55.8 Å². The quantitative estimate of drug-likeness (QED) is 0.0685. The minimum absolute atomic E-state index is 0. The van der Waals surface area contributed by atoms with E-state index in [-0.39, 0.29) is 31.7 Å². The average Bonchev–Trinajstić information content (AvgIpc) is 2.77. The third kappa shape index (κ3) is 7.90. The Morgan fingerprint density at radius 2 is 1.88 bits per heavy atom. The molecule has 0 aliphatic heterocycles. The molecule has 0 aromatic heterocycles. The molecule has 2 unspecified atom stereocenters. The van der Waals surface area contributed by atoms with Crippen LogP contribution in [0.15, 0.2) is 35.9 Å². The van der Waals surface area contributed by atoms with Crippen molar-refractivity contribution in [1.82, 2.24) is 0 Å². The lowest BCUT2D eigenvalue weighted by Gasteiger charge is -2.32. The standard InChI is InChI=1S/C28H43NO4.CH3/c1-8-11-12-13-22-17-25(30)27(24-16-21(6)14-15-23(24)20(4)5)26(18-22)33-28(31)32-19-29(7,9-2)10-3;/h16-18,23-24H,4,8-15,19H2,1-3,5-7H3;1H3/q;-1/p+1. The molecule has 0 saturated carbocycles. The Kier molecular flexibility index (Phi) is 11.9. The van der Waals surface area contributed by atoms with Gasteiger partial charge in [-0.25, -0.2) is 4.79 Å². The fourth-order valence-electron chi connectivity index (χ4n) is 4.45. The number of unbranched alkanes of at least 4 members (excludes halogenated alkanes) is 2. The smallest absolute Gasteiger partial charge is 0.507 e. The van der Waals surface area contributed by atoms with Gasteiger partial charge in [-0.1, -0.05) is 43.6 Å². The molecule has 2 rings (SSSR count). The second-order valence-electron chi connectivity index (χ2n) is 9.89. The maximum Gasteiger partial charge on any atom is 0.518 e. The molecule has 1 aromatic carbocycles. The fraction of sp³-hybridized carbons (Fsp3) is 0.586. The number of quaternary nitrogens is 1. The summed E-state index contributed by atoms with van der Waals surface area (Å²) in [5, 5.41) is 11.1. The van der Waals surface area contributed by atoms with Crippen LogP contribution in [0.5, 0.6) is 11.5 Å². The number of benzene rings is 1. The highest BCUT2D eigenvalue weighted by Gasteiger charge is 2.32. The number of hydrogen-bond acceptors (Lipinski definition) is 4. The summed E-state index contributed by atoms with van der Waals surface area (Å²) in [5.74, 6) is 0.674.